The topological polar surface area (TPSA) is 88.0 Å². The maximum Gasteiger partial charge on any atom is 0.272 e. The van der Waals surface area contributed by atoms with Crippen LogP contribution >= 0.6 is 11.6 Å². The minimum Gasteiger partial charge on any atom is -0.460 e. The summed E-state index contributed by atoms with van der Waals surface area (Å²) in [4.78, 5) is 29.9. The lowest BCUT2D eigenvalue weighted by Crippen LogP contribution is -2.24. The van der Waals surface area contributed by atoms with Crippen molar-refractivity contribution in [3.8, 4) is 11.3 Å². The van der Waals surface area contributed by atoms with E-state index in [2.05, 4.69) is 15.3 Å². The third kappa shape index (κ3) is 3.38. The maximum absolute atomic E-state index is 12.3. The first-order chi connectivity index (χ1) is 11.5. The van der Waals surface area contributed by atoms with E-state index in [0.717, 1.165) is 5.56 Å². The summed E-state index contributed by atoms with van der Waals surface area (Å²) in [6.07, 6.45) is 1.29. The third-order valence-corrected chi connectivity index (χ3v) is 3.81. The van der Waals surface area contributed by atoms with Gasteiger partial charge in [0, 0.05) is 17.3 Å². The molecule has 0 radical (unpaired) electrons. The molecular weight excluding hydrogens is 330 g/mol. The molecule has 0 unspecified atom stereocenters. The second kappa shape index (κ2) is 6.72. The van der Waals surface area contributed by atoms with Crippen LogP contribution in [0.1, 0.15) is 21.8 Å². The normalized spacial score (nSPS) is 10.6. The highest BCUT2D eigenvalue weighted by atomic mass is 35.5. The summed E-state index contributed by atoms with van der Waals surface area (Å²) in [5.41, 5.74) is 1.34. The van der Waals surface area contributed by atoms with Crippen molar-refractivity contribution >= 4 is 17.5 Å². The van der Waals surface area contributed by atoms with Crippen molar-refractivity contribution in [2.75, 3.05) is 0 Å². The number of halogens is 1. The van der Waals surface area contributed by atoms with Crippen molar-refractivity contribution in [2.45, 2.75) is 13.5 Å². The van der Waals surface area contributed by atoms with E-state index in [1.54, 1.807) is 19.1 Å². The Morgan fingerprint density at radius 1 is 1.33 bits per heavy atom. The number of carbonyl (C=O) groups is 1. The molecule has 0 aliphatic rings. The fourth-order valence-electron chi connectivity index (χ4n) is 2.28. The van der Waals surface area contributed by atoms with Crippen LogP contribution in [0, 0.1) is 6.92 Å². The van der Waals surface area contributed by atoms with E-state index in [-0.39, 0.29) is 18.0 Å². The molecule has 2 N–H and O–H groups in total. The van der Waals surface area contributed by atoms with E-state index in [1.807, 2.05) is 18.2 Å². The Balaban J connectivity index is 1.78. The predicted octanol–water partition coefficient (Wildman–Crippen LogP) is 2.92. The Hall–Kier alpha value is -2.86. The van der Waals surface area contributed by atoms with Crippen LogP contribution in [-0.4, -0.2) is 15.9 Å². The van der Waals surface area contributed by atoms with Crippen molar-refractivity contribution in [1.82, 2.24) is 15.3 Å². The van der Waals surface area contributed by atoms with Crippen molar-refractivity contribution in [1.29, 1.82) is 0 Å². The van der Waals surface area contributed by atoms with Gasteiger partial charge in [-0.15, -0.1) is 0 Å². The highest BCUT2D eigenvalue weighted by Gasteiger charge is 2.17. The summed E-state index contributed by atoms with van der Waals surface area (Å²) < 4.78 is 5.66. The summed E-state index contributed by atoms with van der Waals surface area (Å²) in [6, 6.07) is 10.2. The number of benzene rings is 1. The summed E-state index contributed by atoms with van der Waals surface area (Å²) in [5.74, 6) is 0.721. The number of furan rings is 1. The zero-order valence-corrected chi connectivity index (χ0v) is 13.6. The molecular formula is C17H14ClN3O3. The zero-order valence-electron chi connectivity index (χ0n) is 12.8. The molecule has 0 saturated carbocycles. The fourth-order valence-corrected chi connectivity index (χ4v) is 2.51. The highest BCUT2D eigenvalue weighted by molar-refractivity contribution is 6.33. The molecule has 24 heavy (non-hydrogen) atoms. The number of H-pyrrole nitrogens is 1. The van der Waals surface area contributed by atoms with Gasteiger partial charge in [0.2, 0.25) is 0 Å². The smallest absolute Gasteiger partial charge is 0.272 e. The van der Waals surface area contributed by atoms with Crippen LogP contribution in [0.15, 0.2) is 51.9 Å². The largest absolute Gasteiger partial charge is 0.460 e. The number of hydrogen-bond acceptors (Lipinski definition) is 4. The van der Waals surface area contributed by atoms with Gasteiger partial charge in [-0.05, 0) is 25.1 Å². The van der Waals surface area contributed by atoms with Gasteiger partial charge in [-0.25, -0.2) is 0 Å². The van der Waals surface area contributed by atoms with E-state index < -0.39 is 0 Å². The monoisotopic (exact) mass is 343 g/mol. The second-order valence-corrected chi connectivity index (χ2v) is 5.56. The summed E-state index contributed by atoms with van der Waals surface area (Å²) in [6.45, 7) is 1.90. The predicted molar refractivity (Wildman–Crippen MR) is 89.9 cm³/mol. The van der Waals surface area contributed by atoms with Crippen LogP contribution in [0.3, 0.4) is 0 Å². The van der Waals surface area contributed by atoms with Gasteiger partial charge in [-0.1, -0.05) is 23.7 Å². The van der Waals surface area contributed by atoms with Crippen LogP contribution in [0.5, 0.6) is 0 Å². The summed E-state index contributed by atoms with van der Waals surface area (Å²) in [5, 5.41) is 3.28. The Kier molecular flexibility index (Phi) is 4.48. The standard InChI is InChI=1S/C17H14ClN3O3/c1-10-13(7-15(24-10)12-4-2-3-5-14(12)18)17(23)19-8-11-6-16(22)21-9-20-11/h2-7,9H,8H2,1H3,(H,19,23)(H,20,21,22). The number of aryl methyl sites for hydroxylation is 1. The average Bonchev–Trinajstić information content (AvgIpc) is 2.95. The van der Waals surface area contributed by atoms with E-state index in [9.17, 15) is 9.59 Å². The van der Waals surface area contributed by atoms with Gasteiger partial charge < -0.3 is 14.7 Å². The van der Waals surface area contributed by atoms with Crippen molar-refractivity contribution < 1.29 is 9.21 Å². The SMILES string of the molecule is Cc1oc(-c2ccccc2Cl)cc1C(=O)NCc1cc(=O)nc[nH]1. The molecule has 3 rings (SSSR count). The number of amides is 1. The molecule has 0 fully saturated rings. The van der Waals surface area contributed by atoms with Crippen molar-refractivity contribution in [3.05, 3.63) is 75.1 Å². The molecule has 6 nitrogen and oxygen atoms in total. The molecule has 2 aromatic heterocycles. The number of aromatic amines is 1. The van der Waals surface area contributed by atoms with E-state index in [4.69, 9.17) is 16.0 Å². The van der Waals surface area contributed by atoms with Gasteiger partial charge in [-0.2, -0.15) is 4.98 Å². The molecule has 3 aromatic rings. The molecule has 122 valence electrons. The van der Waals surface area contributed by atoms with E-state index in [1.165, 1.54) is 12.4 Å². The van der Waals surface area contributed by atoms with Crippen LogP contribution in [0.2, 0.25) is 5.02 Å². The van der Waals surface area contributed by atoms with E-state index in [0.29, 0.717) is 27.8 Å². The lowest BCUT2D eigenvalue weighted by atomic mass is 10.1. The van der Waals surface area contributed by atoms with Gasteiger partial charge in [0.15, 0.2) is 0 Å². The number of rotatable bonds is 4. The van der Waals surface area contributed by atoms with E-state index >= 15 is 0 Å². The number of aromatic nitrogens is 2. The molecule has 0 aliphatic heterocycles. The van der Waals surface area contributed by atoms with Gasteiger partial charge in [0.05, 0.1) is 23.5 Å². The van der Waals surface area contributed by atoms with Gasteiger partial charge in [0.25, 0.3) is 11.5 Å². The highest BCUT2D eigenvalue weighted by Crippen LogP contribution is 2.30. The Bertz CT molecular complexity index is 946. The van der Waals surface area contributed by atoms with Gasteiger partial charge in [0.1, 0.15) is 11.5 Å². The molecule has 0 spiro atoms. The summed E-state index contributed by atoms with van der Waals surface area (Å²) in [7, 11) is 0. The Labute approximate surface area is 142 Å². The van der Waals surface area contributed by atoms with Gasteiger partial charge >= 0.3 is 0 Å². The average molecular weight is 344 g/mol. The maximum atomic E-state index is 12.3. The zero-order chi connectivity index (χ0) is 17.1. The lowest BCUT2D eigenvalue weighted by Gasteiger charge is -2.03. The molecule has 1 aromatic carbocycles. The molecule has 0 aliphatic carbocycles. The first-order valence-corrected chi connectivity index (χ1v) is 7.59. The van der Waals surface area contributed by atoms with Crippen LogP contribution < -0.4 is 10.9 Å². The number of nitrogens with one attached hydrogen (secondary N) is 2. The molecule has 7 heteroatoms. The Morgan fingerprint density at radius 2 is 2.12 bits per heavy atom. The second-order valence-electron chi connectivity index (χ2n) is 5.15. The Morgan fingerprint density at radius 3 is 2.88 bits per heavy atom. The number of hydrogen-bond donors (Lipinski definition) is 2. The third-order valence-electron chi connectivity index (χ3n) is 3.48. The molecule has 0 atom stereocenters. The number of carbonyl (C=O) groups excluding carboxylic acids is 1. The molecule has 2 heterocycles. The lowest BCUT2D eigenvalue weighted by molar-refractivity contribution is 0.0949. The van der Waals surface area contributed by atoms with Crippen LogP contribution in [-0.2, 0) is 6.54 Å². The first-order valence-electron chi connectivity index (χ1n) is 7.22. The molecule has 0 bridgehead atoms. The number of nitrogens with zero attached hydrogens (tertiary/aromatic N) is 1. The first kappa shape index (κ1) is 16.0. The fraction of sp³-hybridized carbons (Fsp3) is 0.118. The minimum atomic E-state index is -0.363. The minimum absolute atomic E-state index is 0.183. The van der Waals surface area contributed by atoms with Crippen LogP contribution in [0.25, 0.3) is 11.3 Å². The molecule has 1 amide bonds. The van der Waals surface area contributed by atoms with Crippen LogP contribution in [0.4, 0.5) is 0 Å². The quantitative estimate of drug-likeness (QED) is 0.762. The van der Waals surface area contributed by atoms with Crippen molar-refractivity contribution in [2.24, 2.45) is 0 Å². The molecule has 0 saturated heterocycles. The van der Waals surface area contributed by atoms with Crippen molar-refractivity contribution in [3.63, 3.8) is 0 Å². The summed E-state index contributed by atoms with van der Waals surface area (Å²) >= 11 is 6.16. The van der Waals surface area contributed by atoms with Gasteiger partial charge in [-0.3, -0.25) is 9.59 Å².